The molecule has 3 nitrogen and oxygen atoms in total. The van der Waals surface area contributed by atoms with Crippen LogP contribution in [0.15, 0.2) is 23.3 Å². The summed E-state index contributed by atoms with van der Waals surface area (Å²) in [6.45, 7) is 0.863. The topological polar surface area (TPSA) is 50.4 Å². The Hall–Kier alpha value is -1.84. The van der Waals surface area contributed by atoms with Crippen LogP contribution >= 0.6 is 0 Å². The minimum Gasteiger partial charge on any atom is -0.404 e. The van der Waals surface area contributed by atoms with Gasteiger partial charge in [0.25, 0.3) is 0 Å². The number of aliphatic imine (C=N–C) groups is 1. The Balaban J connectivity index is 2.49. The smallest absolute Gasteiger partial charge is 0.133 e. The number of nitrogens with two attached hydrogens (primary N) is 1. The van der Waals surface area contributed by atoms with Gasteiger partial charge in [0.05, 0.1) is 0 Å². The SMILES string of the molecule is CN=CC(=CN)c1cc2c(cc1F)NCC2. The van der Waals surface area contributed by atoms with Gasteiger partial charge in [-0.3, -0.25) is 4.99 Å². The summed E-state index contributed by atoms with van der Waals surface area (Å²) >= 11 is 0. The molecule has 1 aromatic rings. The normalized spacial score (nSPS) is 15.2. The number of rotatable bonds is 2. The van der Waals surface area contributed by atoms with Crippen LogP contribution in [0, 0.1) is 5.82 Å². The van der Waals surface area contributed by atoms with E-state index in [4.69, 9.17) is 5.73 Å². The highest BCUT2D eigenvalue weighted by Crippen LogP contribution is 2.28. The Labute approximate surface area is 93.9 Å². The van der Waals surface area contributed by atoms with Crippen molar-refractivity contribution in [1.29, 1.82) is 0 Å². The number of fused-ring (bicyclic) bond motifs is 1. The molecule has 0 atom stereocenters. The fourth-order valence-corrected chi connectivity index (χ4v) is 1.88. The second-order valence-electron chi connectivity index (χ2n) is 3.68. The van der Waals surface area contributed by atoms with Crippen LogP contribution in [0.5, 0.6) is 0 Å². The summed E-state index contributed by atoms with van der Waals surface area (Å²) in [5.41, 5.74) is 8.59. The molecule has 0 bridgehead atoms. The Morgan fingerprint density at radius 2 is 2.38 bits per heavy atom. The Kier molecular flexibility index (Phi) is 2.90. The van der Waals surface area contributed by atoms with Crippen LogP contribution in [-0.2, 0) is 6.42 Å². The standard InChI is InChI=1S/C12H14FN3/c1-15-7-9(6-14)10-4-8-2-3-16-12(8)5-11(10)13/h4-7,16H,2-3,14H2,1H3. The summed E-state index contributed by atoms with van der Waals surface area (Å²) in [6, 6.07) is 3.36. The highest BCUT2D eigenvalue weighted by molar-refractivity contribution is 6.09. The van der Waals surface area contributed by atoms with Crippen LogP contribution in [0.3, 0.4) is 0 Å². The Morgan fingerprint density at radius 3 is 3.06 bits per heavy atom. The molecule has 4 heteroatoms. The van der Waals surface area contributed by atoms with Crippen molar-refractivity contribution in [2.75, 3.05) is 18.9 Å². The van der Waals surface area contributed by atoms with Crippen LogP contribution in [0.1, 0.15) is 11.1 Å². The lowest BCUT2D eigenvalue weighted by Crippen LogP contribution is -1.97. The highest BCUT2D eigenvalue weighted by Gasteiger charge is 2.15. The second kappa shape index (κ2) is 4.35. The maximum Gasteiger partial charge on any atom is 0.133 e. The minimum absolute atomic E-state index is 0.273. The number of allylic oxidation sites excluding steroid dienone is 1. The highest BCUT2D eigenvalue weighted by atomic mass is 19.1. The van der Waals surface area contributed by atoms with Gasteiger partial charge in [-0.2, -0.15) is 0 Å². The first-order chi connectivity index (χ1) is 7.76. The predicted molar refractivity (Wildman–Crippen MR) is 65.2 cm³/mol. The van der Waals surface area contributed by atoms with Gasteiger partial charge in [-0.25, -0.2) is 4.39 Å². The number of hydrogen-bond acceptors (Lipinski definition) is 3. The summed E-state index contributed by atoms with van der Waals surface area (Å²) < 4.78 is 13.8. The van der Waals surface area contributed by atoms with Crippen molar-refractivity contribution in [3.8, 4) is 0 Å². The van der Waals surface area contributed by atoms with E-state index in [1.165, 1.54) is 12.3 Å². The number of nitrogens with zero attached hydrogens (tertiary/aromatic N) is 1. The van der Waals surface area contributed by atoms with Crippen molar-refractivity contribution in [3.63, 3.8) is 0 Å². The summed E-state index contributed by atoms with van der Waals surface area (Å²) in [5.74, 6) is -0.273. The molecular weight excluding hydrogens is 205 g/mol. The maximum absolute atomic E-state index is 13.8. The maximum atomic E-state index is 13.8. The van der Waals surface area contributed by atoms with Crippen molar-refractivity contribution in [2.45, 2.75) is 6.42 Å². The summed E-state index contributed by atoms with van der Waals surface area (Å²) in [7, 11) is 1.64. The zero-order valence-corrected chi connectivity index (χ0v) is 9.13. The van der Waals surface area contributed by atoms with Gasteiger partial charge in [0.15, 0.2) is 0 Å². The lowest BCUT2D eigenvalue weighted by atomic mass is 10.0. The average Bonchev–Trinajstić information content (AvgIpc) is 2.72. The summed E-state index contributed by atoms with van der Waals surface area (Å²) in [5, 5.41) is 3.13. The fourth-order valence-electron chi connectivity index (χ4n) is 1.88. The molecule has 16 heavy (non-hydrogen) atoms. The van der Waals surface area contributed by atoms with E-state index in [2.05, 4.69) is 10.3 Å². The quantitative estimate of drug-likeness (QED) is 0.745. The van der Waals surface area contributed by atoms with Gasteiger partial charge in [0.2, 0.25) is 0 Å². The van der Waals surface area contributed by atoms with Crippen LogP contribution in [0.4, 0.5) is 10.1 Å². The molecule has 1 heterocycles. The molecule has 0 spiro atoms. The number of nitrogens with one attached hydrogen (secondary N) is 1. The molecule has 3 N–H and O–H groups in total. The van der Waals surface area contributed by atoms with Gasteiger partial charge in [-0.1, -0.05) is 0 Å². The van der Waals surface area contributed by atoms with Gasteiger partial charge < -0.3 is 11.1 Å². The molecule has 0 saturated heterocycles. The van der Waals surface area contributed by atoms with Crippen LogP contribution < -0.4 is 11.1 Å². The molecule has 0 fully saturated rings. The summed E-state index contributed by atoms with van der Waals surface area (Å²) in [4.78, 5) is 3.86. The number of halogens is 1. The van der Waals surface area contributed by atoms with Crippen molar-refractivity contribution in [1.82, 2.24) is 0 Å². The predicted octanol–water partition coefficient (Wildman–Crippen LogP) is 1.79. The minimum atomic E-state index is -0.273. The van der Waals surface area contributed by atoms with Crippen molar-refractivity contribution in [3.05, 3.63) is 35.3 Å². The zero-order valence-electron chi connectivity index (χ0n) is 9.13. The van der Waals surface area contributed by atoms with Crippen LogP contribution in [0.2, 0.25) is 0 Å². The van der Waals surface area contributed by atoms with E-state index >= 15 is 0 Å². The molecule has 1 aliphatic heterocycles. The van der Waals surface area contributed by atoms with E-state index in [0.717, 1.165) is 24.2 Å². The number of benzene rings is 1. The van der Waals surface area contributed by atoms with Gasteiger partial charge in [-0.05, 0) is 24.1 Å². The fraction of sp³-hybridized carbons (Fsp3) is 0.250. The number of hydrogen-bond donors (Lipinski definition) is 2. The van der Waals surface area contributed by atoms with Crippen LogP contribution in [-0.4, -0.2) is 19.8 Å². The molecule has 0 unspecified atom stereocenters. The first-order valence-corrected chi connectivity index (χ1v) is 5.17. The third-order valence-corrected chi connectivity index (χ3v) is 2.66. The first kappa shape index (κ1) is 10.7. The first-order valence-electron chi connectivity index (χ1n) is 5.17. The third-order valence-electron chi connectivity index (χ3n) is 2.66. The van der Waals surface area contributed by atoms with Gasteiger partial charge in [-0.15, -0.1) is 0 Å². The Bertz CT molecular complexity index is 464. The van der Waals surface area contributed by atoms with E-state index in [1.54, 1.807) is 13.3 Å². The molecule has 2 rings (SSSR count). The monoisotopic (exact) mass is 219 g/mol. The van der Waals surface area contributed by atoms with Crippen molar-refractivity contribution in [2.24, 2.45) is 10.7 Å². The molecule has 0 aliphatic carbocycles. The lowest BCUT2D eigenvalue weighted by Gasteiger charge is -2.07. The average molecular weight is 219 g/mol. The van der Waals surface area contributed by atoms with E-state index in [9.17, 15) is 4.39 Å². The second-order valence-corrected chi connectivity index (χ2v) is 3.68. The van der Waals surface area contributed by atoms with Gasteiger partial charge in [0, 0.05) is 42.8 Å². The molecule has 0 saturated carbocycles. The molecule has 0 aromatic heterocycles. The third kappa shape index (κ3) is 1.78. The molecule has 84 valence electrons. The molecular formula is C12H14FN3. The van der Waals surface area contributed by atoms with Gasteiger partial charge in [0.1, 0.15) is 5.82 Å². The van der Waals surface area contributed by atoms with Crippen molar-refractivity contribution < 1.29 is 4.39 Å². The molecule has 1 aromatic carbocycles. The number of anilines is 1. The van der Waals surface area contributed by atoms with E-state index in [1.807, 2.05) is 6.07 Å². The van der Waals surface area contributed by atoms with E-state index < -0.39 is 0 Å². The molecule has 0 radical (unpaired) electrons. The van der Waals surface area contributed by atoms with Gasteiger partial charge >= 0.3 is 0 Å². The lowest BCUT2D eigenvalue weighted by molar-refractivity contribution is 0.625. The largest absolute Gasteiger partial charge is 0.404 e. The van der Waals surface area contributed by atoms with E-state index in [-0.39, 0.29) is 5.82 Å². The van der Waals surface area contributed by atoms with Crippen molar-refractivity contribution >= 4 is 17.5 Å². The molecule has 1 aliphatic rings. The molecule has 0 amide bonds. The summed E-state index contributed by atoms with van der Waals surface area (Å²) in [6.07, 6.45) is 3.86. The van der Waals surface area contributed by atoms with E-state index in [0.29, 0.717) is 11.1 Å². The van der Waals surface area contributed by atoms with Crippen LogP contribution in [0.25, 0.3) is 5.57 Å². The Morgan fingerprint density at radius 1 is 1.56 bits per heavy atom. The zero-order chi connectivity index (χ0) is 11.5.